The first-order chi connectivity index (χ1) is 20.4. The Hall–Kier alpha value is -3.70. The molecule has 6 nitrogen and oxygen atoms in total. The Morgan fingerprint density at radius 2 is 1.55 bits per heavy atom. The van der Waals surface area contributed by atoms with Crippen molar-refractivity contribution >= 4 is 17.5 Å². The molecule has 4 rings (SSSR count). The molecule has 1 aromatic heterocycles. The Morgan fingerprint density at radius 1 is 0.932 bits per heavy atom. The number of carbonyl (C=O) groups is 1. The monoisotopic (exact) mass is 624 g/mol. The first kappa shape index (κ1) is 33.2. The van der Waals surface area contributed by atoms with E-state index in [-0.39, 0.29) is 31.1 Å². The quantitative estimate of drug-likeness (QED) is 0.208. The number of carboxylic acid groups (broad SMARTS) is 1. The van der Waals surface area contributed by atoms with Crippen LogP contribution in [-0.2, 0) is 50.1 Å². The molecule has 0 atom stereocenters. The lowest BCUT2D eigenvalue weighted by molar-refractivity contribution is -0.143. The Labute approximate surface area is 253 Å². The Morgan fingerprint density at radius 3 is 2.07 bits per heavy atom. The third-order valence-electron chi connectivity index (χ3n) is 8.11. The van der Waals surface area contributed by atoms with E-state index in [1.54, 1.807) is 24.2 Å². The van der Waals surface area contributed by atoms with Crippen molar-refractivity contribution in [3.8, 4) is 0 Å². The number of hydrogen-bond donors (Lipinski definition) is 1. The largest absolute Gasteiger partial charge is 0.481 e. The lowest BCUT2D eigenvalue weighted by Gasteiger charge is -2.32. The van der Waals surface area contributed by atoms with Crippen molar-refractivity contribution in [2.24, 2.45) is 12.5 Å². The topological polar surface area (TPSA) is 61.6 Å². The zero-order chi connectivity index (χ0) is 32.4. The maximum absolute atomic E-state index is 13.6. The van der Waals surface area contributed by atoms with Gasteiger partial charge in [-0.2, -0.15) is 31.4 Å². The van der Waals surface area contributed by atoms with Crippen LogP contribution in [0, 0.1) is 5.41 Å². The first-order valence-corrected chi connectivity index (χ1v) is 14.6. The molecule has 0 amide bonds. The lowest BCUT2D eigenvalue weighted by Crippen LogP contribution is -2.31. The van der Waals surface area contributed by atoms with Crippen molar-refractivity contribution in [1.29, 1.82) is 0 Å². The summed E-state index contributed by atoms with van der Waals surface area (Å²) < 4.78 is 83.4. The average molecular weight is 625 g/mol. The second-order valence-electron chi connectivity index (χ2n) is 12.3. The summed E-state index contributed by atoms with van der Waals surface area (Å²) in [5.74, 6) is -0.457. The number of anilines is 2. The smallest absolute Gasteiger partial charge is 0.416 e. The van der Waals surface area contributed by atoms with Crippen molar-refractivity contribution in [1.82, 2.24) is 9.78 Å². The van der Waals surface area contributed by atoms with Crippen LogP contribution in [0.25, 0.3) is 0 Å². The molecule has 0 aliphatic heterocycles. The molecule has 1 heterocycles. The van der Waals surface area contributed by atoms with Gasteiger partial charge in [-0.15, -0.1) is 0 Å². The fourth-order valence-electron chi connectivity index (χ4n) is 5.79. The predicted octanol–water partition coefficient (Wildman–Crippen LogP) is 7.87. The van der Waals surface area contributed by atoms with Crippen LogP contribution >= 0.6 is 0 Å². The average Bonchev–Trinajstić information content (AvgIpc) is 3.55. The SMILES string of the molecule is CCN(CCC(C)(C)CC(=O)O)c1cc2c(cc1CN(Cc1cc(C(F)(F)F)cc(C(F)(F)F)c1)c1ccn(C)n1)CCC2. The van der Waals surface area contributed by atoms with Crippen LogP contribution < -0.4 is 9.80 Å². The van der Waals surface area contributed by atoms with E-state index in [4.69, 9.17) is 0 Å². The molecule has 0 spiro atoms. The number of alkyl halides is 6. The van der Waals surface area contributed by atoms with Crippen molar-refractivity contribution < 1.29 is 36.2 Å². The van der Waals surface area contributed by atoms with Crippen LogP contribution in [0.3, 0.4) is 0 Å². The number of halogens is 6. The van der Waals surface area contributed by atoms with Crippen LogP contribution in [0.4, 0.5) is 37.8 Å². The van der Waals surface area contributed by atoms with E-state index >= 15 is 0 Å². The molecular weight excluding hydrogens is 586 g/mol. The van der Waals surface area contributed by atoms with Crippen molar-refractivity contribution in [3.63, 3.8) is 0 Å². The first-order valence-electron chi connectivity index (χ1n) is 14.6. The van der Waals surface area contributed by atoms with Gasteiger partial charge in [0, 0.05) is 51.2 Å². The van der Waals surface area contributed by atoms with Crippen LogP contribution in [0.5, 0.6) is 0 Å². The number of nitrogens with zero attached hydrogens (tertiary/aromatic N) is 4. The van der Waals surface area contributed by atoms with Crippen LogP contribution in [0.15, 0.2) is 42.6 Å². The van der Waals surface area contributed by atoms with Gasteiger partial charge in [-0.1, -0.05) is 19.9 Å². The molecule has 12 heteroatoms. The van der Waals surface area contributed by atoms with Gasteiger partial charge in [0.1, 0.15) is 0 Å². The van der Waals surface area contributed by atoms with Crippen molar-refractivity contribution in [2.45, 2.75) is 78.3 Å². The summed E-state index contributed by atoms with van der Waals surface area (Å²) in [6.45, 7) is 6.97. The molecular formula is C32H38F6N4O2. The van der Waals surface area contributed by atoms with Gasteiger partial charge in [0.05, 0.1) is 17.5 Å². The molecule has 1 N–H and O–H groups in total. The molecule has 1 aliphatic carbocycles. The van der Waals surface area contributed by atoms with E-state index in [0.717, 1.165) is 42.6 Å². The van der Waals surface area contributed by atoms with Gasteiger partial charge >= 0.3 is 18.3 Å². The standard InChI is InChI=1S/C32H38F6N4O2/c1-5-41(12-10-30(2,3)18-29(43)44)27-16-23-8-6-7-22(23)15-24(27)20-42(28-9-11-40(4)39-28)19-21-13-25(31(33,34)35)17-26(14-21)32(36,37)38/h9,11,13-17H,5-8,10,12,18-20H2,1-4H3,(H,43,44). The van der Waals surface area contributed by atoms with Crippen molar-refractivity contribution in [3.05, 3.63) is 76.0 Å². The number of hydrogen-bond acceptors (Lipinski definition) is 4. The minimum absolute atomic E-state index is 0.0198. The molecule has 0 saturated heterocycles. The van der Waals surface area contributed by atoms with Crippen LogP contribution in [0.1, 0.15) is 73.4 Å². The maximum Gasteiger partial charge on any atom is 0.416 e. The fourth-order valence-corrected chi connectivity index (χ4v) is 5.79. The van der Waals surface area contributed by atoms with E-state index in [1.165, 1.54) is 15.8 Å². The van der Waals surface area contributed by atoms with Crippen molar-refractivity contribution in [2.75, 3.05) is 22.9 Å². The molecule has 2 aromatic carbocycles. The van der Waals surface area contributed by atoms with Crippen LogP contribution in [-0.4, -0.2) is 33.9 Å². The highest BCUT2D eigenvalue weighted by molar-refractivity contribution is 5.67. The predicted molar refractivity (Wildman–Crippen MR) is 157 cm³/mol. The van der Waals surface area contributed by atoms with Crippen LogP contribution in [0.2, 0.25) is 0 Å². The number of carboxylic acids is 1. The molecule has 0 bridgehead atoms. The van der Waals surface area contributed by atoms with Gasteiger partial charge in [-0.25, -0.2) is 0 Å². The van der Waals surface area contributed by atoms with E-state index in [9.17, 15) is 36.2 Å². The summed E-state index contributed by atoms with van der Waals surface area (Å²) in [4.78, 5) is 15.2. The second-order valence-corrected chi connectivity index (χ2v) is 12.3. The highest BCUT2D eigenvalue weighted by Gasteiger charge is 2.37. The zero-order valence-corrected chi connectivity index (χ0v) is 25.3. The fraction of sp³-hybridized carbons (Fsp3) is 0.500. The minimum Gasteiger partial charge on any atom is -0.481 e. The number of aromatic nitrogens is 2. The lowest BCUT2D eigenvalue weighted by atomic mass is 9.85. The molecule has 0 unspecified atom stereocenters. The summed E-state index contributed by atoms with van der Waals surface area (Å²) in [6.07, 6.45) is -4.81. The Balaban J connectivity index is 1.74. The zero-order valence-electron chi connectivity index (χ0n) is 25.3. The molecule has 0 saturated carbocycles. The van der Waals surface area contributed by atoms with Gasteiger partial charge in [-0.3, -0.25) is 9.48 Å². The normalized spacial score (nSPS) is 13.7. The van der Waals surface area contributed by atoms with E-state index < -0.39 is 34.9 Å². The minimum atomic E-state index is -4.95. The summed E-state index contributed by atoms with van der Waals surface area (Å²) >= 11 is 0. The number of benzene rings is 2. The van der Waals surface area contributed by atoms with Gasteiger partial charge in [0.25, 0.3) is 0 Å². The number of aliphatic carboxylic acids is 1. The molecule has 3 aromatic rings. The second kappa shape index (κ2) is 12.7. The van der Waals surface area contributed by atoms with E-state index in [0.29, 0.717) is 25.3 Å². The number of fused-ring (bicyclic) bond motifs is 1. The van der Waals surface area contributed by atoms with E-state index in [2.05, 4.69) is 22.1 Å². The Kier molecular flexibility index (Phi) is 9.60. The summed E-state index contributed by atoms with van der Waals surface area (Å²) in [6, 6.07) is 7.56. The molecule has 1 aliphatic rings. The third kappa shape index (κ3) is 8.26. The molecule has 240 valence electrons. The highest BCUT2D eigenvalue weighted by Crippen LogP contribution is 2.38. The number of rotatable bonds is 12. The van der Waals surface area contributed by atoms with Gasteiger partial charge in [0.15, 0.2) is 5.82 Å². The molecule has 0 fully saturated rings. The summed E-state index contributed by atoms with van der Waals surface area (Å²) in [7, 11) is 1.69. The Bertz CT molecular complexity index is 1450. The van der Waals surface area contributed by atoms with E-state index in [1.807, 2.05) is 20.8 Å². The summed E-state index contributed by atoms with van der Waals surface area (Å²) in [5.41, 5.74) is 0.871. The van der Waals surface area contributed by atoms with Gasteiger partial charge < -0.3 is 14.9 Å². The molecule has 0 radical (unpaired) electrons. The highest BCUT2D eigenvalue weighted by atomic mass is 19.4. The maximum atomic E-state index is 13.6. The van der Waals surface area contributed by atoms with Gasteiger partial charge in [0.2, 0.25) is 0 Å². The molecule has 44 heavy (non-hydrogen) atoms. The third-order valence-corrected chi connectivity index (χ3v) is 8.11. The number of aryl methyl sites for hydroxylation is 3. The summed E-state index contributed by atoms with van der Waals surface area (Å²) in [5, 5.41) is 13.8. The van der Waals surface area contributed by atoms with Gasteiger partial charge in [-0.05, 0) is 84.5 Å².